The molecular weight excluding hydrogens is 280 g/mol. The number of carbonyl (C=O) groups excluding carboxylic acids is 1. The van der Waals surface area contributed by atoms with Gasteiger partial charge in [0.15, 0.2) is 0 Å². The van der Waals surface area contributed by atoms with Crippen LogP contribution in [0.2, 0.25) is 0 Å². The molecule has 2 N–H and O–H groups in total. The zero-order valence-electron chi connectivity index (χ0n) is 10.3. The molecule has 0 saturated heterocycles. The number of carbonyl (C=O) groups is 1. The lowest BCUT2D eigenvalue weighted by Gasteiger charge is -2.11. The molecule has 1 aromatic carbocycles. The molecule has 0 aliphatic heterocycles. The Morgan fingerprint density at radius 2 is 2.12 bits per heavy atom. The second kappa shape index (κ2) is 7.45. The van der Waals surface area contributed by atoms with Gasteiger partial charge in [-0.15, -0.1) is 0 Å². The molecule has 0 radical (unpaired) electrons. The van der Waals surface area contributed by atoms with Crippen molar-refractivity contribution in [3.8, 4) is 0 Å². The lowest BCUT2D eigenvalue weighted by atomic mass is 10.1. The first-order valence-corrected chi connectivity index (χ1v) is 6.60. The fraction of sp³-hybridized carbons (Fsp3) is 0.462. The van der Waals surface area contributed by atoms with Crippen LogP contribution in [0.1, 0.15) is 18.9 Å². The minimum Gasteiger partial charge on any atom is -0.355 e. The maximum Gasteiger partial charge on any atom is 0.220 e. The Bertz CT molecular complexity index is 368. The second-order valence-corrected chi connectivity index (χ2v) is 4.94. The van der Waals surface area contributed by atoms with Crippen LogP contribution in [-0.2, 0) is 11.2 Å². The SMILES string of the molecule is CNC(C)CNC(=O)CCc1ccccc1Br. The highest BCUT2D eigenvalue weighted by molar-refractivity contribution is 9.10. The molecule has 0 aromatic heterocycles. The highest BCUT2D eigenvalue weighted by Gasteiger charge is 2.05. The van der Waals surface area contributed by atoms with Gasteiger partial charge >= 0.3 is 0 Å². The molecule has 3 nitrogen and oxygen atoms in total. The van der Waals surface area contributed by atoms with Crippen LogP contribution in [0.3, 0.4) is 0 Å². The van der Waals surface area contributed by atoms with E-state index in [9.17, 15) is 4.79 Å². The van der Waals surface area contributed by atoms with Crippen molar-refractivity contribution in [3.05, 3.63) is 34.3 Å². The molecule has 17 heavy (non-hydrogen) atoms. The van der Waals surface area contributed by atoms with Crippen molar-refractivity contribution in [1.82, 2.24) is 10.6 Å². The third kappa shape index (κ3) is 5.33. The fourth-order valence-electron chi connectivity index (χ4n) is 1.41. The average molecular weight is 299 g/mol. The number of rotatable bonds is 6. The summed E-state index contributed by atoms with van der Waals surface area (Å²) in [5, 5.41) is 5.99. The largest absolute Gasteiger partial charge is 0.355 e. The predicted molar refractivity (Wildman–Crippen MR) is 74.0 cm³/mol. The van der Waals surface area contributed by atoms with Gasteiger partial charge in [-0.1, -0.05) is 34.1 Å². The van der Waals surface area contributed by atoms with Gasteiger partial charge in [0.05, 0.1) is 0 Å². The normalized spacial score (nSPS) is 12.2. The Morgan fingerprint density at radius 3 is 2.76 bits per heavy atom. The zero-order chi connectivity index (χ0) is 12.7. The van der Waals surface area contributed by atoms with Crippen LogP contribution < -0.4 is 10.6 Å². The number of hydrogen-bond donors (Lipinski definition) is 2. The van der Waals surface area contributed by atoms with Gasteiger partial charge in [-0.25, -0.2) is 0 Å². The number of likely N-dealkylation sites (N-methyl/N-ethyl adjacent to an activating group) is 1. The van der Waals surface area contributed by atoms with Gasteiger partial charge in [-0.05, 0) is 32.0 Å². The molecule has 0 saturated carbocycles. The summed E-state index contributed by atoms with van der Waals surface area (Å²) in [4.78, 5) is 11.6. The molecule has 1 aromatic rings. The van der Waals surface area contributed by atoms with Gasteiger partial charge in [-0.3, -0.25) is 4.79 Å². The smallest absolute Gasteiger partial charge is 0.220 e. The highest BCUT2D eigenvalue weighted by Crippen LogP contribution is 2.17. The standard InChI is InChI=1S/C13H19BrN2O/c1-10(15-2)9-16-13(17)8-7-11-5-3-4-6-12(11)14/h3-6,10,15H,7-9H2,1-2H3,(H,16,17). The van der Waals surface area contributed by atoms with E-state index in [1.807, 2.05) is 38.2 Å². The topological polar surface area (TPSA) is 41.1 Å². The Balaban J connectivity index is 2.31. The van der Waals surface area contributed by atoms with E-state index in [1.54, 1.807) is 0 Å². The van der Waals surface area contributed by atoms with Crippen LogP contribution in [0.25, 0.3) is 0 Å². The molecule has 0 spiro atoms. The number of hydrogen-bond acceptors (Lipinski definition) is 2. The Hall–Kier alpha value is -0.870. The van der Waals surface area contributed by atoms with E-state index >= 15 is 0 Å². The van der Waals surface area contributed by atoms with Gasteiger partial charge < -0.3 is 10.6 Å². The summed E-state index contributed by atoms with van der Waals surface area (Å²) in [6, 6.07) is 8.30. The van der Waals surface area contributed by atoms with Crippen LogP contribution in [0.5, 0.6) is 0 Å². The maximum absolute atomic E-state index is 11.6. The van der Waals surface area contributed by atoms with Crippen molar-refractivity contribution in [3.63, 3.8) is 0 Å². The van der Waals surface area contributed by atoms with E-state index in [0.29, 0.717) is 19.0 Å². The third-order valence-corrected chi connectivity index (χ3v) is 3.45. The zero-order valence-corrected chi connectivity index (χ0v) is 11.9. The summed E-state index contributed by atoms with van der Waals surface area (Å²) in [6.07, 6.45) is 1.29. The number of nitrogens with one attached hydrogen (secondary N) is 2. The average Bonchev–Trinajstić information content (AvgIpc) is 2.35. The Kier molecular flexibility index (Phi) is 6.22. The van der Waals surface area contributed by atoms with Crippen molar-refractivity contribution in [2.24, 2.45) is 0 Å². The third-order valence-electron chi connectivity index (χ3n) is 2.68. The van der Waals surface area contributed by atoms with E-state index in [-0.39, 0.29) is 5.91 Å². The van der Waals surface area contributed by atoms with Crippen LogP contribution >= 0.6 is 15.9 Å². The van der Waals surface area contributed by atoms with E-state index in [2.05, 4.69) is 26.6 Å². The van der Waals surface area contributed by atoms with Gasteiger partial charge in [0.25, 0.3) is 0 Å². The summed E-state index contributed by atoms with van der Waals surface area (Å²) in [5.41, 5.74) is 1.17. The number of aryl methyl sites for hydroxylation is 1. The summed E-state index contributed by atoms with van der Waals surface area (Å²) in [7, 11) is 1.89. The van der Waals surface area contributed by atoms with Crippen molar-refractivity contribution in [2.75, 3.05) is 13.6 Å². The van der Waals surface area contributed by atoms with Gasteiger partial charge in [0.1, 0.15) is 0 Å². The van der Waals surface area contributed by atoms with Crippen molar-refractivity contribution in [1.29, 1.82) is 0 Å². The van der Waals surface area contributed by atoms with Crippen molar-refractivity contribution >= 4 is 21.8 Å². The molecule has 0 aliphatic rings. The van der Waals surface area contributed by atoms with Crippen molar-refractivity contribution < 1.29 is 4.79 Å². The first-order chi connectivity index (χ1) is 8.13. The molecule has 1 rings (SSSR count). The molecule has 0 heterocycles. The molecule has 0 bridgehead atoms. The molecule has 0 aliphatic carbocycles. The Morgan fingerprint density at radius 1 is 1.41 bits per heavy atom. The molecule has 4 heteroatoms. The Labute approximate surface area is 111 Å². The predicted octanol–water partition coefficient (Wildman–Crippen LogP) is 2.11. The molecule has 0 fully saturated rings. The van der Waals surface area contributed by atoms with E-state index < -0.39 is 0 Å². The van der Waals surface area contributed by atoms with Gasteiger partial charge in [-0.2, -0.15) is 0 Å². The summed E-state index contributed by atoms with van der Waals surface area (Å²) < 4.78 is 1.07. The lowest BCUT2D eigenvalue weighted by molar-refractivity contribution is -0.121. The number of halogens is 1. The summed E-state index contributed by atoms with van der Waals surface area (Å²) in [6.45, 7) is 2.71. The molecule has 1 unspecified atom stereocenters. The minimum atomic E-state index is 0.0999. The lowest BCUT2D eigenvalue weighted by Crippen LogP contribution is -2.37. The first-order valence-electron chi connectivity index (χ1n) is 5.81. The molecular formula is C13H19BrN2O. The fourth-order valence-corrected chi connectivity index (χ4v) is 1.89. The van der Waals surface area contributed by atoms with Gasteiger partial charge in [0.2, 0.25) is 5.91 Å². The van der Waals surface area contributed by atoms with Crippen LogP contribution in [0.4, 0.5) is 0 Å². The van der Waals surface area contributed by atoms with E-state index in [0.717, 1.165) is 10.9 Å². The summed E-state index contributed by atoms with van der Waals surface area (Å²) in [5.74, 6) is 0.0999. The number of amides is 1. The maximum atomic E-state index is 11.6. The quantitative estimate of drug-likeness (QED) is 0.844. The van der Waals surface area contributed by atoms with E-state index in [1.165, 1.54) is 5.56 Å². The van der Waals surface area contributed by atoms with Gasteiger partial charge in [0, 0.05) is 23.5 Å². The van der Waals surface area contributed by atoms with Crippen LogP contribution in [-0.4, -0.2) is 25.5 Å². The highest BCUT2D eigenvalue weighted by atomic mass is 79.9. The number of benzene rings is 1. The van der Waals surface area contributed by atoms with Crippen LogP contribution in [0.15, 0.2) is 28.7 Å². The molecule has 1 atom stereocenters. The second-order valence-electron chi connectivity index (χ2n) is 4.09. The minimum absolute atomic E-state index is 0.0999. The van der Waals surface area contributed by atoms with E-state index in [4.69, 9.17) is 0 Å². The summed E-state index contributed by atoms with van der Waals surface area (Å²) >= 11 is 3.48. The van der Waals surface area contributed by atoms with Crippen LogP contribution in [0, 0.1) is 0 Å². The monoisotopic (exact) mass is 298 g/mol. The van der Waals surface area contributed by atoms with Crippen molar-refractivity contribution in [2.45, 2.75) is 25.8 Å². The molecule has 94 valence electrons. The first kappa shape index (κ1) is 14.2. The molecule has 1 amide bonds.